The Kier molecular flexibility index (Phi) is 5.56. The van der Waals surface area contributed by atoms with Crippen LogP contribution >= 0.6 is 11.6 Å². The molecule has 26 heavy (non-hydrogen) atoms. The van der Waals surface area contributed by atoms with Crippen LogP contribution in [0.2, 0.25) is 5.02 Å². The van der Waals surface area contributed by atoms with Gasteiger partial charge in [0.25, 0.3) is 0 Å². The number of aryl methyl sites for hydroxylation is 2. The number of nitrogens with one attached hydrogen (secondary N) is 1. The highest BCUT2D eigenvalue weighted by Crippen LogP contribution is 2.41. The van der Waals surface area contributed by atoms with Gasteiger partial charge in [0.2, 0.25) is 0 Å². The number of rotatable bonds is 5. The maximum Gasteiger partial charge on any atom is 0.317 e. The van der Waals surface area contributed by atoms with Crippen LogP contribution in [0.1, 0.15) is 48.3 Å². The van der Waals surface area contributed by atoms with Gasteiger partial charge in [-0.15, -0.1) is 0 Å². The Bertz CT molecular complexity index is 762. The molecule has 1 aromatic heterocycles. The first-order valence-corrected chi connectivity index (χ1v) is 9.46. The van der Waals surface area contributed by atoms with E-state index in [2.05, 4.69) is 16.5 Å². The summed E-state index contributed by atoms with van der Waals surface area (Å²) in [5.41, 5.74) is 2.99. The number of aromatic nitrogens is 1. The summed E-state index contributed by atoms with van der Waals surface area (Å²) in [6.07, 6.45) is 4.50. The van der Waals surface area contributed by atoms with Gasteiger partial charge in [0.05, 0.1) is 12.2 Å². The van der Waals surface area contributed by atoms with Gasteiger partial charge in [0, 0.05) is 29.6 Å². The molecule has 1 fully saturated rings. The van der Waals surface area contributed by atoms with E-state index in [1.807, 2.05) is 32.0 Å². The molecule has 1 heterocycles. The predicted octanol–water partition coefficient (Wildman–Crippen LogP) is 4.60. The number of benzene rings is 1. The molecule has 1 aromatic carbocycles. The molecular weight excluding hydrogens is 350 g/mol. The highest BCUT2D eigenvalue weighted by atomic mass is 35.5. The first-order chi connectivity index (χ1) is 12.4. The molecule has 2 aromatic rings. The zero-order valence-electron chi connectivity index (χ0n) is 15.6. The van der Waals surface area contributed by atoms with Gasteiger partial charge in [-0.05, 0) is 44.4 Å². The molecule has 0 saturated heterocycles. The Morgan fingerprint density at radius 1 is 1.35 bits per heavy atom. The lowest BCUT2D eigenvalue weighted by molar-refractivity contribution is 0.203. The zero-order valence-corrected chi connectivity index (χ0v) is 16.4. The van der Waals surface area contributed by atoms with Gasteiger partial charge >= 0.3 is 6.03 Å². The summed E-state index contributed by atoms with van der Waals surface area (Å²) < 4.78 is 5.18. The van der Waals surface area contributed by atoms with E-state index in [9.17, 15) is 4.79 Å². The SMILES string of the molecule is Cc1noc(C)c1CN(C)C(=O)NCC1(c2cccc(Cl)c2)CCCC1. The first kappa shape index (κ1) is 18.8. The van der Waals surface area contributed by atoms with Crippen molar-refractivity contribution in [3.8, 4) is 0 Å². The van der Waals surface area contributed by atoms with Crippen molar-refractivity contribution in [2.24, 2.45) is 0 Å². The number of carbonyl (C=O) groups excluding carboxylic acids is 1. The maximum atomic E-state index is 12.6. The lowest BCUT2D eigenvalue weighted by atomic mass is 9.79. The Morgan fingerprint density at radius 2 is 2.08 bits per heavy atom. The van der Waals surface area contributed by atoms with Crippen LogP contribution in [0.4, 0.5) is 4.79 Å². The monoisotopic (exact) mass is 375 g/mol. The van der Waals surface area contributed by atoms with Crippen LogP contribution in [-0.2, 0) is 12.0 Å². The van der Waals surface area contributed by atoms with Crippen LogP contribution in [0.15, 0.2) is 28.8 Å². The molecule has 1 saturated carbocycles. The number of hydrogen-bond donors (Lipinski definition) is 1. The molecule has 1 aliphatic rings. The molecule has 0 unspecified atom stereocenters. The minimum absolute atomic E-state index is 0.0234. The summed E-state index contributed by atoms with van der Waals surface area (Å²) in [5.74, 6) is 0.758. The number of nitrogens with zero attached hydrogens (tertiary/aromatic N) is 2. The predicted molar refractivity (Wildman–Crippen MR) is 102 cm³/mol. The van der Waals surface area contributed by atoms with Crippen LogP contribution < -0.4 is 5.32 Å². The van der Waals surface area contributed by atoms with Crippen molar-refractivity contribution in [2.45, 2.75) is 51.5 Å². The van der Waals surface area contributed by atoms with Crippen LogP contribution in [0.3, 0.4) is 0 Å². The number of carbonyl (C=O) groups is 1. The minimum atomic E-state index is -0.0849. The van der Waals surface area contributed by atoms with Gasteiger partial charge in [-0.1, -0.05) is 41.7 Å². The highest BCUT2D eigenvalue weighted by molar-refractivity contribution is 6.30. The third-order valence-electron chi connectivity index (χ3n) is 5.50. The Balaban J connectivity index is 1.67. The molecule has 2 amide bonds. The van der Waals surface area contributed by atoms with Gasteiger partial charge in [0.1, 0.15) is 5.76 Å². The first-order valence-electron chi connectivity index (χ1n) is 9.08. The summed E-state index contributed by atoms with van der Waals surface area (Å²) in [6.45, 7) is 4.87. The van der Waals surface area contributed by atoms with Gasteiger partial charge in [-0.2, -0.15) is 0 Å². The maximum absolute atomic E-state index is 12.6. The fraction of sp³-hybridized carbons (Fsp3) is 0.500. The minimum Gasteiger partial charge on any atom is -0.361 e. The van der Waals surface area contributed by atoms with Crippen molar-refractivity contribution in [1.29, 1.82) is 0 Å². The van der Waals surface area contributed by atoms with E-state index in [1.54, 1.807) is 11.9 Å². The Labute approximate surface area is 159 Å². The van der Waals surface area contributed by atoms with E-state index in [0.717, 1.165) is 34.9 Å². The molecule has 1 aliphatic carbocycles. The molecule has 0 aliphatic heterocycles. The number of hydrogen-bond acceptors (Lipinski definition) is 3. The summed E-state index contributed by atoms with van der Waals surface area (Å²) in [4.78, 5) is 14.3. The van der Waals surface area contributed by atoms with E-state index < -0.39 is 0 Å². The van der Waals surface area contributed by atoms with Gasteiger partial charge < -0.3 is 14.7 Å². The lowest BCUT2D eigenvalue weighted by Gasteiger charge is -2.31. The molecule has 0 bridgehead atoms. The second-order valence-electron chi connectivity index (χ2n) is 7.32. The van der Waals surface area contributed by atoms with Crippen molar-refractivity contribution in [1.82, 2.24) is 15.4 Å². The van der Waals surface area contributed by atoms with Crippen LogP contribution in [0.5, 0.6) is 0 Å². The van der Waals surface area contributed by atoms with Crippen molar-refractivity contribution in [2.75, 3.05) is 13.6 Å². The largest absolute Gasteiger partial charge is 0.361 e. The second-order valence-corrected chi connectivity index (χ2v) is 7.75. The van der Waals surface area contributed by atoms with Crippen molar-refractivity contribution < 1.29 is 9.32 Å². The van der Waals surface area contributed by atoms with Crippen molar-refractivity contribution in [3.05, 3.63) is 51.9 Å². The average molecular weight is 376 g/mol. The third-order valence-corrected chi connectivity index (χ3v) is 5.73. The Hall–Kier alpha value is -2.01. The molecule has 6 heteroatoms. The quantitative estimate of drug-likeness (QED) is 0.830. The van der Waals surface area contributed by atoms with E-state index in [1.165, 1.54) is 18.4 Å². The molecule has 0 atom stereocenters. The molecule has 140 valence electrons. The van der Waals surface area contributed by atoms with Gasteiger partial charge in [-0.25, -0.2) is 4.79 Å². The highest BCUT2D eigenvalue weighted by Gasteiger charge is 2.36. The average Bonchev–Trinajstić information content (AvgIpc) is 3.22. The van der Waals surface area contributed by atoms with Crippen molar-refractivity contribution >= 4 is 17.6 Å². The third kappa shape index (κ3) is 3.88. The standard InChI is InChI=1S/C20H26ClN3O2/c1-14-18(15(2)26-23-14)12-24(3)19(25)22-13-20(9-4-5-10-20)16-7-6-8-17(21)11-16/h6-8,11H,4-5,9-10,12-13H2,1-3H3,(H,22,25). The number of amides is 2. The van der Waals surface area contributed by atoms with Crippen molar-refractivity contribution in [3.63, 3.8) is 0 Å². The smallest absolute Gasteiger partial charge is 0.317 e. The molecule has 1 N–H and O–H groups in total. The van der Waals surface area contributed by atoms with Gasteiger partial charge in [-0.3, -0.25) is 0 Å². The molecular formula is C20H26ClN3O2. The summed E-state index contributed by atoms with van der Waals surface area (Å²) in [5, 5.41) is 7.82. The van der Waals surface area contributed by atoms with E-state index in [0.29, 0.717) is 13.1 Å². The Morgan fingerprint density at radius 3 is 2.69 bits per heavy atom. The number of halogens is 1. The molecule has 5 nitrogen and oxygen atoms in total. The van der Waals surface area contributed by atoms with E-state index >= 15 is 0 Å². The van der Waals surface area contributed by atoms with Crippen LogP contribution in [0.25, 0.3) is 0 Å². The second kappa shape index (κ2) is 7.70. The normalized spacial score (nSPS) is 15.8. The zero-order chi connectivity index (χ0) is 18.7. The van der Waals surface area contributed by atoms with E-state index in [-0.39, 0.29) is 11.4 Å². The summed E-state index contributed by atoms with van der Waals surface area (Å²) in [6, 6.07) is 7.95. The van der Waals surface area contributed by atoms with Crippen LogP contribution in [0, 0.1) is 13.8 Å². The molecule has 0 spiro atoms. The summed E-state index contributed by atoms with van der Waals surface area (Å²) >= 11 is 6.20. The molecule has 3 rings (SSSR count). The summed E-state index contributed by atoms with van der Waals surface area (Å²) in [7, 11) is 1.79. The number of urea groups is 1. The fourth-order valence-electron chi connectivity index (χ4n) is 3.85. The lowest BCUT2D eigenvalue weighted by Crippen LogP contribution is -2.44. The fourth-order valence-corrected chi connectivity index (χ4v) is 4.04. The molecule has 0 radical (unpaired) electrons. The van der Waals surface area contributed by atoms with Crippen LogP contribution in [-0.4, -0.2) is 29.7 Å². The van der Waals surface area contributed by atoms with E-state index in [4.69, 9.17) is 16.1 Å². The van der Waals surface area contributed by atoms with Gasteiger partial charge in [0.15, 0.2) is 0 Å². The topological polar surface area (TPSA) is 58.4 Å².